The maximum atomic E-state index is 12.9. The molecular weight excluding hydrogens is 291 g/mol. The third-order valence-corrected chi connectivity index (χ3v) is 4.61. The van der Waals surface area contributed by atoms with Gasteiger partial charge in [-0.15, -0.1) is 0 Å². The van der Waals surface area contributed by atoms with Crippen molar-refractivity contribution >= 4 is 15.7 Å². The van der Waals surface area contributed by atoms with Crippen LogP contribution in [0, 0.1) is 5.82 Å². The summed E-state index contributed by atoms with van der Waals surface area (Å²) < 4.78 is 40.1. The van der Waals surface area contributed by atoms with Gasteiger partial charge in [-0.2, -0.15) is 0 Å². The molecule has 112 valence electrons. The quantitative estimate of drug-likeness (QED) is 0.893. The molecule has 0 fully saturated rings. The molecule has 0 bridgehead atoms. The van der Waals surface area contributed by atoms with Crippen LogP contribution in [0.25, 0.3) is 0 Å². The van der Waals surface area contributed by atoms with Crippen LogP contribution in [0.5, 0.6) is 0 Å². The molecule has 0 amide bonds. The zero-order chi connectivity index (χ0) is 15.5. The minimum Gasteiger partial charge on any atom is -0.313 e. The van der Waals surface area contributed by atoms with Crippen molar-refractivity contribution in [3.63, 3.8) is 0 Å². The summed E-state index contributed by atoms with van der Waals surface area (Å²) in [5, 5.41) is 3.07. The first-order valence-corrected chi connectivity index (χ1v) is 7.97. The molecule has 0 aliphatic rings. The molecule has 2 aromatic carbocycles. The number of sulfonamides is 1. The number of halogens is 1. The van der Waals surface area contributed by atoms with Crippen LogP contribution in [0.15, 0.2) is 53.4 Å². The standard InChI is InChI=1S/C15H17FN2O2S/c1-11(17-2)14-5-3-4-6-15(14)18-21(19,20)13-9-7-12(16)8-10-13/h3-11,17-18H,1-2H3. The fourth-order valence-electron chi connectivity index (χ4n) is 1.94. The molecule has 0 saturated carbocycles. The molecule has 0 spiro atoms. The van der Waals surface area contributed by atoms with Gasteiger partial charge < -0.3 is 5.32 Å². The van der Waals surface area contributed by atoms with Crippen LogP contribution in [0.3, 0.4) is 0 Å². The molecule has 0 aliphatic carbocycles. The number of nitrogens with one attached hydrogen (secondary N) is 2. The zero-order valence-corrected chi connectivity index (χ0v) is 12.6. The third kappa shape index (κ3) is 3.59. The Hall–Kier alpha value is -1.92. The van der Waals surface area contributed by atoms with E-state index in [2.05, 4.69) is 10.0 Å². The zero-order valence-electron chi connectivity index (χ0n) is 11.8. The normalized spacial score (nSPS) is 12.9. The lowest BCUT2D eigenvalue weighted by Crippen LogP contribution is -2.18. The highest BCUT2D eigenvalue weighted by Crippen LogP contribution is 2.25. The molecule has 4 nitrogen and oxygen atoms in total. The van der Waals surface area contributed by atoms with Gasteiger partial charge in [-0.1, -0.05) is 18.2 Å². The molecule has 6 heteroatoms. The first-order valence-electron chi connectivity index (χ1n) is 6.48. The lowest BCUT2D eigenvalue weighted by Gasteiger charge is -2.17. The van der Waals surface area contributed by atoms with Crippen molar-refractivity contribution in [3.8, 4) is 0 Å². The lowest BCUT2D eigenvalue weighted by atomic mass is 10.1. The van der Waals surface area contributed by atoms with Gasteiger partial charge in [0.25, 0.3) is 10.0 Å². The highest BCUT2D eigenvalue weighted by Gasteiger charge is 2.17. The van der Waals surface area contributed by atoms with Gasteiger partial charge in [-0.3, -0.25) is 4.72 Å². The Morgan fingerprint density at radius 2 is 1.67 bits per heavy atom. The summed E-state index contributed by atoms with van der Waals surface area (Å²) in [6, 6.07) is 11.9. The van der Waals surface area contributed by atoms with Gasteiger partial charge in [-0.05, 0) is 49.9 Å². The Kier molecular flexibility index (Phi) is 4.59. The summed E-state index contributed by atoms with van der Waals surface area (Å²) >= 11 is 0. The van der Waals surface area contributed by atoms with Gasteiger partial charge in [0.05, 0.1) is 10.6 Å². The SMILES string of the molecule is CNC(C)c1ccccc1NS(=O)(=O)c1ccc(F)cc1. The van der Waals surface area contributed by atoms with E-state index in [-0.39, 0.29) is 10.9 Å². The average Bonchev–Trinajstić information content (AvgIpc) is 2.47. The summed E-state index contributed by atoms with van der Waals surface area (Å²) in [5.74, 6) is -0.474. The number of anilines is 1. The number of hydrogen-bond donors (Lipinski definition) is 2. The molecule has 21 heavy (non-hydrogen) atoms. The van der Waals surface area contributed by atoms with Gasteiger partial charge >= 0.3 is 0 Å². The van der Waals surface area contributed by atoms with Crippen molar-refractivity contribution in [1.82, 2.24) is 5.32 Å². The predicted octanol–water partition coefficient (Wildman–Crippen LogP) is 2.91. The second kappa shape index (κ2) is 6.24. The monoisotopic (exact) mass is 308 g/mol. The number of rotatable bonds is 5. The maximum absolute atomic E-state index is 12.9. The first kappa shape index (κ1) is 15.5. The van der Waals surface area contributed by atoms with E-state index in [1.54, 1.807) is 19.2 Å². The topological polar surface area (TPSA) is 58.2 Å². The number of hydrogen-bond acceptors (Lipinski definition) is 3. The van der Waals surface area contributed by atoms with Crippen LogP contribution < -0.4 is 10.0 Å². The molecule has 1 atom stereocenters. The molecule has 2 aromatic rings. The summed E-state index contributed by atoms with van der Waals surface area (Å²) in [6.07, 6.45) is 0. The van der Waals surface area contributed by atoms with E-state index in [0.717, 1.165) is 17.7 Å². The molecule has 0 radical (unpaired) electrons. The van der Waals surface area contributed by atoms with E-state index in [1.165, 1.54) is 12.1 Å². The molecular formula is C15H17FN2O2S. The molecule has 0 aromatic heterocycles. The smallest absolute Gasteiger partial charge is 0.261 e. The fraction of sp³-hybridized carbons (Fsp3) is 0.200. The van der Waals surface area contributed by atoms with Crippen molar-refractivity contribution in [2.24, 2.45) is 0 Å². The Morgan fingerprint density at radius 3 is 2.29 bits per heavy atom. The third-order valence-electron chi connectivity index (χ3n) is 3.23. The Morgan fingerprint density at radius 1 is 1.05 bits per heavy atom. The van der Waals surface area contributed by atoms with E-state index in [1.807, 2.05) is 19.1 Å². The van der Waals surface area contributed by atoms with Crippen LogP contribution in [-0.4, -0.2) is 15.5 Å². The van der Waals surface area contributed by atoms with Gasteiger partial charge in [0.15, 0.2) is 0 Å². The van der Waals surface area contributed by atoms with Crippen LogP contribution in [0.1, 0.15) is 18.5 Å². The van der Waals surface area contributed by atoms with Crippen LogP contribution in [-0.2, 0) is 10.0 Å². The van der Waals surface area contributed by atoms with Crippen molar-refractivity contribution < 1.29 is 12.8 Å². The van der Waals surface area contributed by atoms with E-state index < -0.39 is 15.8 Å². The van der Waals surface area contributed by atoms with E-state index in [0.29, 0.717) is 5.69 Å². The first-order chi connectivity index (χ1) is 9.94. The highest BCUT2D eigenvalue weighted by atomic mass is 32.2. The summed E-state index contributed by atoms with van der Waals surface area (Å²) in [5.41, 5.74) is 1.34. The van der Waals surface area contributed by atoms with Gasteiger partial charge in [0, 0.05) is 6.04 Å². The fourth-order valence-corrected chi connectivity index (χ4v) is 3.03. The second-order valence-electron chi connectivity index (χ2n) is 4.66. The van der Waals surface area contributed by atoms with Crippen molar-refractivity contribution in [2.45, 2.75) is 17.9 Å². The lowest BCUT2D eigenvalue weighted by molar-refractivity contribution is 0.599. The summed E-state index contributed by atoms with van der Waals surface area (Å²) in [4.78, 5) is 0.0239. The number of benzene rings is 2. The van der Waals surface area contributed by atoms with E-state index >= 15 is 0 Å². The Bertz CT molecular complexity index is 715. The summed E-state index contributed by atoms with van der Waals surface area (Å²) in [7, 11) is -1.94. The van der Waals surface area contributed by atoms with Gasteiger partial charge in [0.1, 0.15) is 5.82 Å². The van der Waals surface area contributed by atoms with Crippen molar-refractivity contribution in [3.05, 3.63) is 59.9 Å². The molecule has 2 rings (SSSR count). The van der Waals surface area contributed by atoms with E-state index in [9.17, 15) is 12.8 Å². The van der Waals surface area contributed by atoms with Crippen LogP contribution in [0.4, 0.5) is 10.1 Å². The maximum Gasteiger partial charge on any atom is 0.261 e. The largest absolute Gasteiger partial charge is 0.313 e. The second-order valence-corrected chi connectivity index (χ2v) is 6.34. The Balaban J connectivity index is 2.35. The summed E-state index contributed by atoms with van der Waals surface area (Å²) in [6.45, 7) is 1.94. The molecule has 0 aliphatic heterocycles. The van der Waals surface area contributed by atoms with Crippen LogP contribution >= 0.6 is 0 Å². The minimum absolute atomic E-state index is 0.00267. The Labute approximate surface area is 124 Å². The van der Waals surface area contributed by atoms with Crippen LogP contribution in [0.2, 0.25) is 0 Å². The van der Waals surface area contributed by atoms with Crippen molar-refractivity contribution in [2.75, 3.05) is 11.8 Å². The van der Waals surface area contributed by atoms with Gasteiger partial charge in [-0.25, -0.2) is 12.8 Å². The molecule has 0 saturated heterocycles. The van der Waals surface area contributed by atoms with Gasteiger partial charge in [0.2, 0.25) is 0 Å². The molecule has 1 unspecified atom stereocenters. The highest BCUT2D eigenvalue weighted by molar-refractivity contribution is 7.92. The van der Waals surface area contributed by atoms with E-state index in [4.69, 9.17) is 0 Å². The average molecular weight is 308 g/mol. The molecule has 2 N–H and O–H groups in total. The minimum atomic E-state index is -3.74. The van der Waals surface area contributed by atoms with Crippen molar-refractivity contribution in [1.29, 1.82) is 0 Å². The molecule has 0 heterocycles. The predicted molar refractivity (Wildman–Crippen MR) is 81.1 cm³/mol. The number of para-hydroxylation sites is 1.